The minimum atomic E-state index is -0.748. The van der Waals surface area contributed by atoms with Crippen LogP contribution in [-0.2, 0) is 0 Å². The average molecular weight is 280 g/mol. The molecule has 0 aromatic heterocycles. The molecule has 1 unspecified atom stereocenters. The van der Waals surface area contributed by atoms with Gasteiger partial charge in [0.15, 0.2) is 11.6 Å². The van der Waals surface area contributed by atoms with Gasteiger partial charge in [0.1, 0.15) is 0 Å². The summed E-state index contributed by atoms with van der Waals surface area (Å²) in [6, 6.07) is 5.02. The van der Waals surface area contributed by atoms with Gasteiger partial charge in [0, 0.05) is 11.0 Å². The Morgan fingerprint density at radius 3 is 2.50 bits per heavy atom. The number of aliphatic hydroxyl groups excluding tert-OH is 1. The Labute approximate surface area is 121 Å². The van der Waals surface area contributed by atoms with Crippen LogP contribution in [0.1, 0.15) is 57.6 Å². The molecule has 1 fully saturated rings. The lowest BCUT2D eigenvalue weighted by molar-refractivity contribution is 0.00850. The number of hydrogen-bond donors (Lipinski definition) is 1. The second kappa shape index (κ2) is 6.13. The highest BCUT2D eigenvalue weighted by Gasteiger charge is 2.42. The summed E-state index contributed by atoms with van der Waals surface area (Å²) in [6.07, 6.45) is 4.38. The molecule has 20 heavy (non-hydrogen) atoms. The van der Waals surface area contributed by atoms with Crippen LogP contribution in [-0.4, -0.2) is 12.2 Å². The van der Waals surface area contributed by atoms with Gasteiger partial charge in [-0.3, -0.25) is 0 Å². The molecule has 1 aliphatic carbocycles. The molecule has 1 aromatic carbocycles. The summed E-state index contributed by atoms with van der Waals surface area (Å²) in [4.78, 5) is 0. The highest BCUT2D eigenvalue weighted by Crippen LogP contribution is 2.52. The monoisotopic (exact) mass is 280 g/mol. The zero-order valence-electron chi connectivity index (χ0n) is 12.7. The molecule has 0 saturated heterocycles. The summed E-state index contributed by atoms with van der Waals surface area (Å²) in [5.41, 5.74) is 0.202. The van der Waals surface area contributed by atoms with Crippen LogP contribution in [0.5, 0.6) is 5.75 Å². The van der Waals surface area contributed by atoms with Crippen LogP contribution >= 0.6 is 0 Å². The number of ether oxygens (including phenoxy) is 1. The Bertz CT molecular complexity index is 450. The number of benzene rings is 1. The summed E-state index contributed by atoms with van der Waals surface area (Å²) in [7, 11) is 1.45. The van der Waals surface area contributed by atoms with Crippen molar-refractivity contribution in [1.82, 2.24) is 0 Å². The molecule has 3 heteroatoms. The maximum absolute atomic E-state index is 14.4. The van der Waals surface area contributed by atoms with Crippen molar-refractivity contribution in [2.45, 2.75) is 52.1 Å². The normalized spacial score (nSPS) is 19.3. The molecule has 1 aliphatic rings. The van der Waals surface area contributed by atoms with Crippen molar-refractivity contribution < 1.29 is 14.2 Å². The number of halogens is 1. The molecule has 0 heterocycles. The molecule has 0 aliphatic heterocycles. The van der Waals surface area contributed by atoms with Crippen LogP contribution in [0.2, 0.25) is 0 Å². The molecule has 2 rings (SSSR count). The molecule has 0 spiro atoms. The van der Waals surface area contributed by atoms with E-state index in [0.29, 0.717) is 11.5 Å². The fraction of sp³-hybridized carbons (Fsp3) is 0.647. The molecule has 1 atom stereocenters. The third-order valence-electron chi connectivity index (χ3n) is 4.50. The van der Waals surface area contributed by atoms with Crippen LogP contribution < -0.4 is 4.74 Å². The van der Waals surface area contributed by atoms with Gasteiger partial charge in [0.25, 0.3) is 0 Å². The van der Waals surface area contributed by atoms with Gasteiger partial charge in [-0.25, -0.2) is 4.39 Å². The van der Waals surface area contributed by atoms with Gasteiger partial charge in [-0.2, -0.15) is 0 Å². The quantitative estimate of drug-likeness (QED) is 0.862. The van der Waals surface area contributed by atoms with Gasteiger partial charge >= 0.3 is 0 Å². The van der Waals surface area contributed by atoms with E-state index in [4.69, 9.17) is 4.74 Å². The van der Waals surface area contributed by atoms with Crippen molar-refractivity contribution in [2.75, 3.05) is 7.11 Å². The Hall–Kier alpha value is -1.09. The first-order chi connectivity index (χ1) is 9.50. The molecule has 0 amide bonds. The van der Waals surface area contributed by atoms with E-state index in [1.165, 1.54) is 7.11 Å². The third-order valence-corrected chi connectivity index (χ3v) is 4.50. The van der Waals surface area contributed by atoms with Crippen LogP contribution in [0.4, 0.5) is 4.39 Å². The first-order valence-corrected chi connectivity index (χ1v) is 7.50. The lowest BCUT2D eigenvalue weighted by atomic mass is 9.72. The maximum Gasteiger partial charge on any atom is 0.170 e. The van der Waals surface area contributed by atoms with Crippen molar-refractivity contribution in [2.24, 2.45) is 11.3 Å². The fourth-order valence-corrected chi connectivity index (χ4v) is 3.71. The second-order valence-corrected chi connectivity index (χ2v) is 6.43. The molecule has 0 bridgehead atoms. The zero-order valence-corrected chi connectivity index (χ0v) is 12.7. The Kier molecular flexibility index (Phi) is 4.69. The Balaban J connectivity index is 2.35. The molecule has 0 radical (unpaired) electrons. The molecule has 1 N–H and O–H groups in total. The molecule has 1 saturated carbocycles. The summed E-state index contributed by atoms with van der Waals surface area (Å²) >= 11 is 0. The molecule has 1 aromatic rings. The Morgan fingerprint density at radius 2 is 1.95 bits per heavy atom. The van der Waals surface area contributed by atoms with Gasteiger partial charge in [-0.05, 0) is 31.2 Å². The van der Waals surface area contributed by atoms with E-state index in [1.807, 2.05) is 0 Å². The molecular weight excluding hydrogens is 255 g/mol. The molecular formula is C17H25FO2. The van der Waals surface area contributed by atoms with Crippen molar-refractivity contribution in [1.29, 1.82) is 0 Å². The van der Waals surface area contributed by atoms with Gasteiger partial charge in [-0.1, -0.05) is 38.8 Å². The van der Waals surface area contributed by atoms with Crippen LogP contribution in [0, 0.1) is 17.2 Å². The fourth-order valence-electron chi connectivity index (χ4n) is 3.71. The van der Waals surface area contributed by atoms with Gasteiger partial charge in [-0.15, -0.1) is 0 Å². The molecule has 2 nitrogen and oxygen atoms in total. The standard InChI is InChI=1S/C17H25FO2/c1-12(2)11-17(9-4-5-10-17)16(19)13-7-6-8-14(20-3)15(13)18/h6-8,12,16,19H,4-5,9-11H2,1-3H3. The van der Waals surface area contributed by atoms with Gasteiger partial charge in [0.05, 0.1) is 13.2 Å². The second-order valence-electron chi connectivity index (χ2n) is 6.43. The van der Waals surface area contributed by atoms with Crippen molar-refractivity contribution in [3.05, 3.63) is 29.6 Å². The summed E-state index contributed by atoms with van der Waals surface area (Å²) in [5, 5.41) is 10.8. The first-order valence-electron chi connectivity index (χ1n) is 7.50. The summed E-state index contributed by atoms with van der Waals surface area (Å²) in [5.74, 6) is 0.285. The van der Waals surface area contributed by atoms with E-state index in [0.717, 1.165) is 32.1 Å². The van der Waals surface area contributed by atoms with Crippen LogP contribution in [0.3, 0.4) is 0 Å². The highest BCUT2D eigenvalue weighted by atomic mass is 19.1. The average Bonchev–Trinajstić information content (AvgIpc) is 2.87. The third kappa shape index (κ3) is 2.83. The minimum Gasteiger partial charge on any atom is -0.494 e. The van der Waals surface area contributed by atoms with Crippen molar-refractivity contribution in [3.8, 4) is 5.75 Å². The Morgan fingerprint density at radius 1 is 1.30 bits per heavy atom. The molecule has 112 valence electrons. The number of methoxy groups -OCH3 is 1. The van der Waals surface area contributed by atoms with Crippen molar-refractivity contribution >= 4 is 0 Å². The van der Waals surface area contributed by atoms with E-state index in [-0.39, 0.29) is 11.2 Å². The topological polar surface area (TPSA) is 29.5 Å². The predicted molar refractivity (Wildman–Crippen MR) is 78.3 cm³/mol. The largest absolute Gasteiger partial charge is 0.494 e. The van der Waals surface area contributed by atoms with E-state index in [9.17, 15) is 9.50 Å². The number of rotatable bonds is 5. The highest BCUT2D eigenvalue weighted by molar-refractivity contribution is 5.33. The minimum absolute atomic E-state index is 0.179. The van der Waals surface area contributed by atoms with E-state index < -0.39 is 11.9 Å². The van der Waals surface area contributed by atoms with E-state index >= 15 is 0 Å². The first kappa shape index (κ1) is 15.3. The summed E-state index contributed by atoms with van der Waals surface area (Å²) < 4.78 is 19.4. The smallest absolute Gasteiger partial charge is 0.170 e. The maximum atomic E-state index is 14.4. The number of hydrogen-bond acceptors (Lipinski definition) is 2. The van der Waals surface area contributed by atoms with Gasteiger partial charge in [0.2, 0.25) is 0 Å². The lowest BCUT2D eigenvalue weighted by Crippen LogP contribution is -2.28. The predicted octanol–water partition coefficient (Wildman–Crippen LogP) is 4.47. The van der Waals surface area contributed by atoms with Crippen LogP contribution in [0.15, 0.2) is 18.2 Å². The lowest BCUT2D eigenvalue weighted by Gasteiger charge is -2.36. The van der Waals surface area contributed by atoms with Gasteiger partial charge < -0.3 is 9.84 Å². The van der Waals surface area contributed by atoms with Crippen molar-refractivity contribution in [3.63, 3.8) is 0 Å². The van der Waals surface area contributed by atoms with Crippen LogP contribution in [0.25, 0.3) is 0 Å². The van der Waals surface area contributed by atoms with E-state index in [1.54, 1.807) is 18.2 Å². The SMILES string of the molecule is COc1cccc(C(O)C2(CC(C)C)CCCC2)c1F. The summed E-state index contributed by atoms with van der Waals surface area (Å²) in [6.45, 7) is 4.32. The van der Waals surface area contributed by atoms with E-state index in [2.05, 4.69) is 13.8 Å². The zero-order chi connectivity index (χ0) is 14.8. The number of aliphatic hydroxyl groups is 1.